The molecular formula is C11H15Cl2F3N4. The van der Waals surface area contributed by atoms with E-state index in [1.165, 1.54) is 7.05 Å². The van der Waals surface area contributed by atoms with Gasteiger partial charge in [-0.25, -0.2) is 0 Å². The van der Waals surface area contributed by atoms with E-state index in [9.17, 15) is 13.2 Å². The van der Waals surface area contributed by atoms with Gasteiger partial charge >= 0.3 is 6.18 Å². The van der Waals surface area contributed by atoms with Crippen molar-refractivity contribution in [2.75, 3.05) is 13.6 Å². The molecule has 114 valence electrons. The van der Waals surface area contributed by atoms with Crippen LogP contribution in [0.4, 0.5) is 13.2 Å². The van der Waals surface area contributed by atoms with Crippen LogP contribution < -0.4 is 10.6 Å². The second-order valence-corrected chi connectivity index (χ2v) is 4.82. The van der Waals surface area contributed by atoms with E-state index in [0.717, 1.165) is 5.69 Å². The zero-order valence-corrected chi connectivity index (χ0v) is 12.5. The lowest BCUT2D eigenvalue weighted by atomic mass is 10.4. The zero-order chi connectivity index (χ0) is 15.3. The second kappa shape index (κ2) is 7.08. The fourth-order valence-electron chi connectivity index (χ4n) is 1.48. The first-order valence-corrected chi connectivity index (χ1v) is 6.51. The van der Waals surface area contributed by atoms with Crippen molar-refractivity contribution in [1.29, 1.82) is 0 Å². The Kier molecular flexibility index (Phi) is 6.01. The molecule has 20 heavy (non-hydrogen) atoms. The number of rotatable bonds is 4. The van der Waals surface area contributed by atoms with Crippen LogP contribution in [0.15, 0.2) is 11.1 Å². The van der Waals surface area contributed by atoms with E-state index in [2.05, 4.69) is 15.6 Å². The van der Waals surface area contributed by atoms with Crippen molar-refractivity contribution in [2.24, 2.45) is 12.0 Å². The molecule has 4 nitrogen and oxygen atoms in total. The van der Waals surface area contributed by atoms with Crippen LogP contribution in [0.3, 0.4) is 0 Å². The van der Waals surface area contributed by atoms with E-state index >= 15 is 0 Å². The highest BCUT2D eigenvalue weighted by Crippen LogP contribution is 2.24. The third kappa shape index (κ3) is 5.13. The number of nitrogens with zero attached hydrogens (tertiary/aromatic N) is 2. The molecule has 0 fully saturated rings. The molecule has 0 amide bonds. The lowest BCUT2D eigenvalue weighted by Crippen LogP contribution is -2.38. The van der Waals surface area contributed by atoms with Gasteiger partial charge in [-0.05, 0) is 6.07 Å². The lowest BCUT2D eigenvalue weighted by molar-refractivity contribution is -0.132. The number of aromatic nitrogens is 1. The van der Waals surface area contributed by atoms with Gasteiger partial charge in [-0.1, -0.05) is 23.2 Å². The molecule has 0 spiro atoms. The average molecular weight is 331 g/mol. The molecule has 0 aliphatic rings. The summed E-state index contributed by atoms with van der Waals surface area (Å²) < 4.78 is 37.8. The Morgan fingerprint density at radius 3 is 2.45 bits per heavy atom. The molecule has 1 aromatic heterocycles. The van der Waals surface area contributed by atoms with Gasteiger partial charge in [0.15, 0.2) is 5.96 Å². The van der Waals surface area contributed by atoms with Crippen LogP contribution in [0.1, 0.15) is 12.1 Å². The van der Waals surface area contributed by atoms with Crippen molar-refractivity contribution in [3.05, 3.63) is 21.9 Å². The lowest BCUT2D eigenvalue weighted by Gasteiger charge is -2.13. The topological polar surface area (TPSA) is 41.4 Å². The molecule has 0 radical (unpaired) electrons. The number of hydrogen-bond donors (Lipinski definition) is 2. The van der Waals surface area contributed by atoms with Gasteiger partial charge in [0.1, 0.15) is 5.15 Å². The van der Waals surface area contributed by atoms with E-state index in [4.69, 9.17) is 23.2 Å². The summed E-state index contributed by atoms with van der Waals surface area (Å²) in [5, 5.41) is 6.30. The molecule has 1 aromatic rings. The number of alkyl halides is 3. The summed E-state index contributed by atoms with van der Waals surface area (Å²) in [5.74, 6) is 0.280. The van der Waals surface area contributed by atoms with Crippen molar-refractivity contribution >= 4 is 29.2 Å². The number of nitrogens with one attached hydrogen (secondary N) is 2. The fourth-order valence-corrected chi connectivity index (χ4v) is 1.89. The number of halogens is 5. The zero-order valence-electron chi connectivity index (χ0n) is 11.0. The summed E-state index contributed by atoms with van der Waals surface area (Å²) in [6, 6.07) is 1.68. The molecule has 0 saturated carbocycles. The minimum atomic E-state index is -4.19. The Morgan fingerprint density at radius 1 is 1.35 bits per heavy atom. The third-order valence-corrected chi connectivity index (χ3v) is 3.42. The molecule has 0 atom stereocenters. The van der Waals surface area contributed by atoms with Gasteiger partial charge in [0.25, 0.3) is 0 Å². The predicted molar refractivity (Wildman–Crippen MR) is 74.3 cm³/mol. The Labute approximate surface area is 125 Å². The molecule has 9 heteroatoms. The standard InChI is InChI=1S/C11H15Cl2F3N4/c1-17-10(18-4-3-11(14,15)16)19-6-7-5-8(12)9(13)20(7)2/h5H,3-4,6H2,1-2H3,(H2,17,18,19). The maximum atomic E-state index is 12.0. The van der Waals surface area contributed by atoms with Crippen molar-refractivity contribution in [2.45, 2.75) is 19.1 Å². The number of guanidine groups is 1. The van der Waals surface area contributed by atoms with E-state index in [1.54, 1.807) is 17.7 Å². The first-order valence-electron chi connectivity index (χ1n) is 5.75. The maximum absolute atomic E-state index is 12.0. The molecular weight excluding hydrogens is 316 g/mol. The smallest absolute Gasteiger partial charge is 0.356 e. The maximum Gasteiger partial charge on any atom is 0.390 e. The van der Waals surface area contributed by atoms with Crippen LogP contribution in [0.25, 0.3) is 0 Å². The Morgan fingerprint density at radius 2 is 2.00 bits per heavy atom. The van der Waals surface area contributed by atoms with Crippen molar-refractivity contribution in [1.82, 2.24) is 15.2 Å². The number of hydrogen-bond acceptors (Lipinski definition) is 1. The Balaban J connectivity index is 2.48. The quantitative estimate of drug-likeness (QED) is 0.658. The Bertz CT molecular complexity index is 483. The highest BCUT2D eigenvalue weighted by atomic mass is 35.5. The van der Waals surface area contributed by atoms with E-state index in [-0.39, 0.29) is 12.5 Å². The monoisotopic (exact) mass is 330 g/mol. The molecule has 0 aliphatic heterocycles. The first kappa shape index (κ1) is 17.0. The van der Waals surface area contributed by atoms with Crippen molar-refractivity contribution in [3.8, 4) is 0 Å². The van der Waals surface area contributed by atoms with Crippen LogP contribution in [0, 0.1) is 0 Å². The van der Waals surface area contributed by atoms with Crippen LogP contribution in [0.2, 0.25) is 10.2 Å². The third-order valence-electron chi connectivity index (χ3n) is 2.58. The summed E-state index contributed by atoms with van der Waals surface area (Å²) in [6.45, 7) is 0.104. The number of aliphatic imine (C=N–C) groups is 1. The van der Waals surface area contributed by atoms with Gasteiger partial charge in [0.05, 0.1) is 18.0 Å². The van der Waals surface area contributed by atoms with Crippen LogP contribution in [-0.4, -0.2) is 30.3 Å². The van der Waals surface area contributed by atoms with Crippen LogP contribution in [0.5, 0.6) is 0 Å². The highest BCUT2D eigenvalue weighted by molar-refractivity contribution is 6.41. The van der Waals surface area contributed by atoms with Gasteiger partial charge in [0.2, 0.25) is 0 Å². The van der Waals surface area contributed by atoms with Gasteiger partial charge < -0.3 is 15.2 Å². The SMILES string of the molecule is CN=C(NCCC(F)(F)F)NCc1cc(Cl)c(Cl)n1C. The van der Waals surface area contributed by atoms with Gasteiger partial charge in [-0.15, -0.1) is 0 Å². The minimum Gasteiger partial charge on any atom is -0.356 e. The van der Waals surface area contributed by atoms with Crippen molar-refractivity contribution < 1.29 is 13.2 Å². The van der Waals surface area contributed by atoms with E-state index in [1.807, 2.05) is 0 Å². The summed E-state index contributed by atoms with van der Waals surface area (Å²) in [6.07, 6.45) is -5.11. The predicted octanol–water partition coefficient (Wildman–Crippen LogP) is 2.95. The van der Waals surface area contributed by atoms with Crippen molar-refractivity contribution in [3.63, 3.8) is 0 Å². The molecule has 2 N–H and O–H groups in total. The molecule has 1 heterocycles. The molecule has 0 saturated heterocycles. The van der Waals surface area contributed by atoms with E-state index in [0.29, 0.717) is 16.7 Å². The van der Waals surface area contributed by atoms with E-state index < -0.39 is 12.6 Å². The summed E-state index contributed by atoms with van der Waals surface area (Å²) in [4.78, 5) is 3.83. The van der Waals surface area contributed by atoms with Gasteiger partial charge in [0, 0.05) is 26.3 Å². The molecule has 0 unspecified atom stereocenters. The molecule has 1 rings (SSSR count). The second-order valence-electron chi connectivity index (χ2n) is 4.05. The summed E-state index contributed by atoms with van der Waals surface area (Å²) in [5.41, 5.74) is 0.791. The summed E-state index contributed by atoms with van der Waals surface area (Å²) in [7, 11) is 3.22. The van der Waals surface area contributed by atoms with Crippen LogP contribution in [-0.2, 0) is 13.6 Å². The fraction of sp³-hybridized carbons (Fsp3) is 0.545. The minimum absolute atomic E-state index is 0.238. The Hall–Kier alpha value is -1.08. The van der Waals surface area contributed by atoms with Crippen LogP contribution >= 0.6 is 23.2 Å². The van der Waals surface area contributed by atoms with Gasteiger partial charge in [-0.3, -0.25) is 4.99 Å². The summed E-state index contributed by atoms with van der Waals surface area (Å²) >= 11 is 11.8. The highest BCUT2D eigenvalue weighted by Gasteiger charge is 2.26. The van der Waals surface area contributed by atoms with Gasteiger partial charge in [-0.2, -0.15) is 13.2 Å². The molecule has 0 aromatic carbocycles. The average Bonchev–Trinajstić information content (AvgIpc) is 2.60. The largest absolute Gasteiger partial charge is 0.390 e. The first-order chi connectivity index (χ1) is 9.24. The molecule has 0 bridgehead atoms. The normalized spacial score (nSPS) is 12.7. The molecule has 0 aliphatic carbocycles.